The van der Waals surface area contributed by atoms with Gasteiger partial charge in [-0.05, 0) is 6.07 Å². The van der Waals surface area contributed by atoms with Gasteiger partial charge in [0.15, 0.2) is 0 Å². The standard InChI is InChI=1S/C12H15Cl2N3O3/c13-8-7-9(15-11(8)14)12(20)17-5-3-16(4-6-17)2-1-10(18)19/h7,15H,1-6H2,(H,18,19). The van der Waals surface area contributed by atoms with E-state index in [2.05, 4.69) is 4.98 Å². The van der Waals surface area contributed by atoms with Crippen LogP contribution in [0.1, 0.15) is 16.9 Å². The van der Waals surface area contributed by atoms with E-state index >= 15 is 0 Å². The van der Waals surface area contributed by atoms with Crippen molar-refractivity contribution in [3.63, 3.8) is 0 Å². The number of carboxylic acid groups (broad SMARTS) is 1. The zero-order chi connectivity index (χ0) is 14.7. The van der Waals surface area contributed by atoms with Gasteiger partial charge >= 0.3 is 5.97 Å². The number of carboxylic acids is 1. The summed E-state index contributed by atoms with van der Waals surface area (Å²) in [5, 5.41) is 9.23. The maximum absolute atomic E-state index is 12.2. The quantitative estimate of drug-likeness (QED) is 0.882. The highest BCUT2D eigenvalue weighted by Crippen LogP contribution is 2.22. The SMILES string of the molecule is O=C(O)CCN1CCN(C(=O)c2cc(Cl)c(Cl)[nH]2)CC1. The summed E-state index contributed by atoms with van der Waals surface area (Å²) in [6.07, 6.45) is 0.121. The minimum Gasteiger partial charge on any atom is -0.481 e. The van der Waals surface area contributed by atoms with E-state index in [-0.39, 0.29) is 17.5 Å². The number of nitrogens with zero attached hydrogens (tertiary/aromatic N) is 2. The molecule has 1 saturated heterocycles. The van der Waals surface area contributed by atoms with Crippen LogP contribution in [-0.4, -0.2) is 64.5 Å². The molecule has 110 valence electrons. The molecule has 1 aromatic heterocycles. The van der Waals surface area contributed by atoms with E-state index in [1.165, 1.54) is 6.07 Å². The molecule has 20 heavy (non-hydrogen) atoms. The molecule has 0 unspecified atom stereocenters. The number of carbonyl (C=O) groups excluding carboxylic acids is 1. The Morgan fingerprint density at radius 1 is 1.25 bits per heavy atom. The van der Waals surface area contributed by atoms with Crippen molar-refractivity contribution in [2.45, 2.75) is 6.42 Å². The summed E-state index contributed by atoms with van der Waals surface area (Å²) in [7, 11) is 0. The third-order valence-corrected chi connectivity index (χ3v) is 3.95. The summed E-state index contributed by atoms with van der Waals surface area (Å²) in [5.41, 5.74) is 0.374. The molecule has 1 fully saturated rings. The molecule has 2 N–H and O–H groups in total. The fourth-order valence-electron chi connectivity index (χ4n) is 2.12. The minimum atomic E-state index is -0.806. The van der Waals surface area contributed by atoms with Crippen LogP contribution in [-0.2, 0) is 4.79 Å². The van der Waals surface area contributed by atoms with Gasteiger partial charge in [0.1, 0.15) is 10.8 Å². The fraction of sp³-hybridized carbons (Fsp3) is 0.500. The molecule has 0 radical (unpaired) electrons. The van der Waals surface area contributed by atoms with Gasteiger partial charge in [-0.3, -0.25) is 14.5 Å². The Bertz CT molecular complexity index is 491. The summed E-state index contributed by atoms with van der Waals surface area (Å²) in [4.78, 5) is 29.2. The fourth-order valence-corrected chi connectivity index (χ4v) is 2.43. The first-order chi connectivity index (χ1) is 9.47. The van der Waals surface area contributed by atoms with Crippen LogP contribution in [0.25, 0.3) is 0 Å². The number of halogens is 2. The van der Waals surface area contributed by atoms with Crippen LogP contribution in [0.3, 0.4) is 0 Å². The van der Waals surface area contributed by atoms with E-state index in [0.29, 0.717) is 43.4 Å². The number of piperazine rings is 1. The average Bonchev–Trinajstić information content (AvgIpc) is 2.76. The molecule has 8 heteroatoms. The first kappa shape index (κ1) is 15.2. The molecular weight excluding hydrogens is 305 g/mol. The molecule has 0 atom stereocenters. The summed E-state index contributed by atoms with van der Waals surface area (Å²) in [6, 6.07) is 1.52. The van der Waals surface area contributed by atoms with Crippen LogP contribution in [0.2, 0.25) is 10.2 Å². The summed E-state index contributed by atoms with van der Waals surface area (Å²) in [6.45, 7) is 2.97. The Morgan fingerprint density at radius 2 is 1.90 bits per heavy atom. The second-order valence-corrected chi connectivity index (χ2v) is 5.41. The molecule has 1 amide bonds. The molecule has 0 saturated carbocycles. The number of hydrogen-bond acceptors (Lipinski definition) is 3. The number of nitrogens with one attached hydrogen (secondary N) is 1. The van der Waals surface area contributed by atoms with Crippen molar-refractivity contribution in [1.82, 2.24) is 14.8 Å². The zero-order valence-corrected chi connectivity index (χ0v) is 12.2. The Morgan fingerprint density at radius 3 is 2.40 bits per heavy atom. The zero-order valence-electron chi connectivity index (χ0n) is 10.7. The number of H-pyrrole nitrogens is 1. The molecule has 1 aliphatic heterocycles. The van der Waals surface area contributed by atoms with Gasteiger partial charge in [0.05, 0.1) is 11.4 Å². The number of aromatic amines is 1. The van der Waals surface area contributed by atoms with Crippen molar-refractivity contribution in [2.24, 2.45) is 0 Å². The van der Waals surface area contributed by atoms with Gasteiger partial charge < -0.3 is 15.0 Å². The molecule has 0 bridgehead atoms. The molecule has 6 nitrogen and oxygen atoms in total. The van der Waals surface area contributed by atoms with E-state index < -0.39 is 5.97 Å². The Hall–Kier alpha value is -1.24. The predicted octanol–water partition coefficient (Wildman–Crippen LogP) is 1.55. The molecular formula is C12H15Cl2N3O3. The Kier molecular flexibility index (Phi) is 4.91. The van der Waals surface area contributed by atoms with Gasteiger partial charge in [0.25, 0.3) is 5.91 Å². The maximum atomic E-state index is 12.2. The second-order valence-electron chi connectivity index (χ2n) is 4.62. The molecule has 2 heterocycles. The lowest BCUT2D eigenvalue weighted by atomic mass is 10.2. The van der Waals surface area contributed by atoms with E-state index in [9.17, 15) is 9.59 Å². The highest BCUT2D eigenvalue weighted by Gasteiger charge is 2.23. The third-order valence-electron chi connectivity index (χ3n) is 3.26. The highest BCUT2D eigenvalue weighted by molar-refractivity contribution is 6.41. The van der Waals surface area contributed by atoms with Crippen molar-refractivity contribution < 1.29 is 14.7 Å². The number of aromatic nitrogens is 1. The lowest BCUT2D eigenvalue weighted by molar-refractivity contribution is -0.137. The number of amides is 1. The topological polar surface area (TPSA) is 76.6 Å². The van der Waals surface area contributed by atoms with Gasteiger partial charge in [-0.15, -0.1) is 0 Å². The first-order valence-electron chi connectivity index (χ1n) is 6.25. The number of carbonyl (C=O) groups is 2. The van der Waals surface area contributed by atoms with Gasteiger partial charge in [-0.2, -0.15) is 0 Å². The van der Waals surface area contributed by atoms with Gasteiger partial charge in [-0.25, -0.2) is 0 Å². The lowest BCUT2D eigenvalue weighted by Gasteiger charge is -2.34. The van der Waals surface area contributed by atoms with Crippen LogP contribution >= 0.6 is 23.2 Å². The van der Waals surface area contributed by atoms with Gasteiger partial charge in [-0.1, -0.05) is 23.2 Å². The number of hydrogen-bond donors (Lipinski definition) is 2. The summed E-state index contributed by atoms with van der Waals surface area (Å²) >= 11 is 11.6. The first-order valence-corrected chi connectivity index (χ1v) is 7.00. The van der Waals surface area contributed by atoms with E-state index in [1.807, 2.05) is 4.90 Å². The summed E-state index contributed by atoms with van der Waals surface area (Å²) < 4.78 is 0. The monoisotopic (exact) mass is 319 g/mol. The molecule has 0 spiro atoms. The van der Waals surface area contributed by atoms with Crippen LogP contribution < -0.4 is 0 Å². The van der Waals surface area contributed by atoms with Crippen LogP contribution in [0.4, 0.5) is 0 Å². The number of rotatable bonds is 4. The van der Waals surface area contributed by atoms with Crippen molar-refractivity contribution >= 4 is 35.1 Å². The molecule has 0 aliphatic carbocycles. The summed E-state index contributed by atoms with van der Waals surface area (Å²) in [5.74, 6) is -0.948. The predicted molar refractivity (Wildman–Crippen MR) is 75.4 cm³/mol. The smallest absolute Gasteiger partial charge is 0.304 e. The molecule has 1 aliphatic rings. The second kappa shape index (κ2) is 6.47. The Labute approximate surface area is 126 Å². The average molecular weight is 320 g/mol. The van der Waals surface area contributed by atoms with Crippen LogP contribution in [0.5, 0.6) is 0 Å². The van der Waals surface area contributed by atoms with Crippen molar-refractivity contribution in [3.8, 4) is 0 Å². The third kappa shape index (κ3) is 3.65. The van der Waals surface area contributed by atoms with Gasteiger partial charge in [0.2, 0.25) is 0 Å². The van der Waals surface area contributed by atoms with E-state index in [1.54, 1.807) is 4.90 Å². The van der Waals surface area contributed by atoms with Crippen LogP contribution in [0, 0.1) is 0 Å². The highest BCUT2D eigenvalue weighted by atomic mass is 35.5. The molecule has 2 rings (SSSR count). The Balaban J connectivity index is 1.87. The largest absolute Gasteiger partial charge is 0.481 e. The normalized spacial score (nSPS) is 16.4. The molecule has 0 aromatic carbocycles. The lowest BCUT2D eigenvalue weighted by Crippen LogP contribution is -2.49. The number of aliphatic carboxylic acids is 1. The maximum Gasteiger partial charge on any atom is 0.304 e. The van der Waals surface area contributed by atoms with E-state index in [4.69, 9.17) is 28.3 Å². The minimum absolute atomic E-state index is 0.121. The van der Waals surface area contributed by atoms with Crippen LogP contribution in [0.15, 0.2) is 6.07 Å². The van der Waals surface area contributed by atoms with E-state index in [0.717, 1.165) is 0 Å². The molecule has 1 aromatic rings. The van der Waals surface area contributed by atoms with Crippen molar-refractivity contribution in [3.05, 3.63) is 21.9 Å². The van der Waals surface area contributed by atoms with Gasteiger partial charge in [0, 0.05) is 32.7 Å². The van der Waals surface area contributed by atoms with Crippen molar-refractivity contribution in [1.29, 1.82) is 0 Å². The van der Waals surface area contributed by atoms with Crippen molar-refractivity contribution in [2.75, 3.05) is 32.7 Å².